The zero-order valence-electron chi connectivity index (χ0n) is 65.1. The molecule has 580 valence electrons. The highest BCUT2D eigenvalue weighted by atomic mass is 79.9. The van der Waals surface area contributed by atoms with Crippen LogP contribution in [0.2, 0.25) is 0 Å². The molecule has 0 atom stereocenters. The van der Waals surface area contributed by atoms with E-state index in [2.05, 4.69) is 145 Å². The molecule has 12 aromatic rings. The fraction of sp³-hybridized carbons (Fsp3) is 0.291. The first-order valence-corrected chi connectivity index (χ1v) is 40.3. The highest BCUT2D eigenvalue weighted by Gasteiger charge is 2.23. The number of hydrogen-bond acceptors (Lipinski definition) is 16. The standard InChI is InChI=1S/C21H23N3O.C20H20N2O.C19H17BrN2O.C19H19N3O.C5H11NO2.C2H5ClO2S.O2S/c1-4-23-16-9-12-18-19(14-22)21(24(5-2)20(18)13-16)15-7-10-17(11-8-15)25-6-3;1-4-22-19-12-14(3)6-11-17(19)18(13-21)20(22)15-7-9-16(10-8-15)23-5-2;1-3-22-18-11-14(20)7-10-16(18)17(12-21)19(22)13-5-8-15(9-6-13)23-4-2;1-3-22-18-11-14(21)7-10-16(18)17(12-20)19(22)13-5-8-15(9-6-13)23-4-2;1-5(2,3)8-4(6)7;1-2-6(3,4)5;1-3-2/h7-13,23H,4-6H2,1-3H3;6-12H,4-5H2,1-3H3;5-11H,3-4H2,1-2H3;5-11H,3-4,21H2,1-2H3;1-3H3,(H2,6,7);2H2,1H3;. The van der Waals surface area contributed by atoms with E-state index >= 15 is 0 Å². The molecule has 0 saturated heterocycles. The molecule has 21 nitrogen and oxygen atoms in total. The van der Waals surface area contributed by atoms with E-state index in [9.17, 15) is 34.3 Å². The summed E-state index contributed by atoms with van der Waals surface area (Å²) >= 11 is 2.77. The summed E-state index contributed by atoms with van der Waals surface area (Å²) in [5.74, 6) is 3.38. The number of benzene rings is 8. The van der Waals surface area contributed by atoms with Crippen LogP contribution in [-0.4, -0.2) is 85.5 Å². The molecule has 0 radical (unpaired) electrons. The van der Waals surface area contributed by atoms with Crippen molar-refractivity contribution in [1.82, 2.24) is 18.3 Å². The normalized spacial score (nSPS) is 10.6. The van der Waals surface area contributed by atoms with E-state index in [4.69, 9.17) is 38.8 Å². The minimum absolute atomic E-state index is 0.00849. The number of nitrogens with zero attached hydrogens (tertiary/aromatic N) is 8. The second-order valence-corrected chi connectivity index (χ2v) is 29.4. The first kappa shape index (κ1) is 88.4. The van der Waals surface area contributed by atoms with E-state index in [1.165, 1.54) is 12.5 Å². The maximum absolute atomic E-state index is 10.0. The summed E-state index contributed by atoms with van der Waals surface area (Å²) in [6.45, 7) is 33.8. The monoisotopic (exact) mass is 1620 g/mol. The highest BCUT2D eigenvalue weighted by Crippen LogP contribution is 2.40. The Bertz CT molecular complexity index is 5120. The molecular formula is C86H95BrClN11O10S2. The van der Waals surface area contributed by atoms with Crippen LogP contribution < -0.4 is 35.7 Å². The molecule has 4 heterocycles. The Morgan fingerprint density at radius 3 is 1.04 bits per heavy atom. The van der Waals surface area contributed by atoms with Crippen molar-refractivity contribution in [2.75, 3.05) is 49.8 Å². The first-order chi connectivity index (χ1) is 53.2. The SMILES string of the molecule is CC(C)(C)OC(N)=O.CCNc1ccc2c(C#N)c(-c3ccc(OCC)cc3)n(CC)c2c1.CCOc1ccc(-c2c(C#N)c3ccc(Br)cc3n2CC)cc1.CCOc1ccc(-c2c(C#N)c3ccc(C)cc3n2CC)cc1.CCOc1ccc(-c2c(C#N)c3ccc(N)cc3n2CC)cc1.CCS(=O)(=O)Cl.O=S=O. The summed E-state index contributed by atoms with van der Waals surface area (Å²) in [6, 6.07) is 65.5. The molecule has 0 bridgehead atoms. The van der Waals surface area contributed by atoms with Crippen molar-refractivity contribution in [3.05, 3.63) is 202 Å². The number of carbonyl (C=O) groups is 1. The number of nitriles is 4. The smallest absolute Gasteiger partial charge is 0.405 e. The third-order valence-electron chi connectivity index (χ3n) is 17.0. The van der Waals surface area contributed by atoms with Crippen LogP contribution in [0.4, 0.5) is 16.2 Å². The van der Waals surface area contributed by atoms with E-state index in [-0.39, 0.29) is 5.75 Å². The van der Waals surface area contributed by atoms with Gasteiger partial charge in [-0.3, -0.25) is 0 Å². The second kappa shape index (κ2) is 42.5. The van der Waals surface area contributed by atoms with Crippen molar-refractivity contribution >= 4 is 108 Å². The third-order valence-corrected chi connectivity index (χ3v) is 18.8. The molecular weight excluding hydrogens is 1530 g/mol. The minimum Gasteiger partial charge on any atom is -0.494 e. The molecule has 111 heavy (non-hydrogen) atoms. The highest BCUT2D eigenvalue weighted by molar-refractivity contribution is 9.10. The number of hydrogen-bond donors (Lipinski definition) is 3. The topological polar surface area (TPSA) is 310 Å². The van der Waals surface area contributed by atoms with E-state index in [1.807, 2.05) is 173 Å². The molecule has 0 spiro atoms. The Kier molecular flexibility index (Phi) is 33.8. The number of nitrogen functional groups attached to an aromatic ring is 1. The van der Waals surface area contributed by atoms with Crippen molar-refractivity contribution in [3.63, 3.8) is 0 Å². The molecule has 0 aliphatic rings. The maximum atomic E-state index is 10.0. The number of anilines is 2. The lowest BCUT2D eigenvalue weighted by atomic mass is 10.1. The molecule has 5 N–H and O–H groups in total. The van der Waals surface area contributed by atoms with Gasteiger partial charge in [0.2, 0.25) is 9.05 Å². The van der Waals surface area contributed by atoms with Crippen LogP contribution in [0, 0.1) is 52.2 Å². The fourth-order valence-electron chi connectivity index (χ4n) is 12.6. The van der Waals surface area contributed by atoms with Gasteiger partial charge in [0.25, 0.3) is 0 Å². The van der Waals surface area contributed by atoms with Crippen LogP contribution in [0.3, 0.4) is 0 Å². The molecule has 0 aliphatic carbocycles. The molecule has 25 heteroatoms. The van der Waals surface area contributed by atoms with Crippen molar-refractivity contribution in [2.45, 2.75) is 129 Å². The number of carbonyl (C=O) groups excluding carboxylic acids is 1. The third kappa shape index (κ3) is 23.0. The Hall–Kier alpha value is -11.5. The van der Waals surface area contributed by atoms with Gasteiger partial charge < -0.3 is 58.7 Å². The number of primary amides is 1. The molecule has 0 saturated carbocycles. The lowest BCUT2D eigenvalue weighted by Crippen LogP contribution is -2.27. The van der Waals surface area contributed by atoms with Gasteiger partial charge in [-0.1, -0.05) is 41.1 Å². The van der Waals surface area contributed by atoms with Crippen LogP contribution >= 0.6 is 26.6 Å². The predicted octanol–water partition coefficient (Wildman–Crippen LogP) is 20.3. The molecule has 8 aromatic carbocycles. The Balaban J connectivity index is 0.000000215. The van der Waals surface area contributed by atoms with Gasteiger partial charge in [-0.2, -0.15) is 29.5 Å². The summed E-state index contributed by atoms with van der Waals surface area (Å²) in [5.41, 5.74) is 28.3. The van der Waals surface area contributed by atoms with Crippen LogP contribution in [-0.2, 0) is 51.5 Å². The lowest BCUT2D eigenvalue weighted by Gasteiger charge is -2.16. The number of aromatic nitrogens is 4. The van der Waals surface area contributed by atoms with Crippen LogP contribution in [0.5, 0.6) is 23.0 Å². The van der Waals surface area contributed by atoms with E-state index < -0.39 is 32.3 Å². The number of ether oxygens (including phenoxy) is 5. The molecule has 0 unspecified atom stereocenters. The van der Waals surface area contributed by atoms with Crippen molar-refractivity contribution in [3.8, 4) is 92.3 Å². The van der Waals surface area contributed by atoms with Crippen molar-refractivity contribution < 1.29 is 45.3 Å². The number of nitrogens with two attached hydrogens (primary N) is 2. The van der Waals surface area contributed by atoms with Gasteiger partial charge in [-0.05, 0) is 269 Å². The number of fused-ring (bicyclic) bond motifs is 4. The molecule has 0 fully saturated rings. The summed E-state index contributed by atoms with van der Waals surface area (Å²) in [6.07, 6.45) is -0.725. The zero-order valence-corrected chi connectivity index (χ0v) is 69.1. The zero-order chi connectivity index (χ0) is 81.7. The number of amides is 1. The Morgan fingerprint density at radius 1 is 0.477 bits per heavy atom. The summed E-state index contributed by atoms with van der Waals surface area (Å²) in [5, 5.41) is 46.2. The summed E-state index contributed by atoms with van der Waals surface area (Å²) in [7, 11) is 1.50. The molecule has 12 rings (SSSR count). The summed E-state index contributed by atoms with van der Waals surface area (Å²) < 4.78 is 72.5. The first-order valence-electron chi connectivity index (χ1n) is 36.3. The number of aryl methyl sites for hydroxylation is 5. The average Bonchev–Trinajstić information content (AvgIpc) is 1.65. The largest absolute Gasteiger partial charge is 0.494 e. The molecule has 4 aromatic heterocycles. The van der Waals surface area contributed by atoms with E-state index in [1.54, 1.807) is 20.8 Å². The van der Waals surface area contributed by atoms with Crippen molar-refractivity contribution in [1.29, 1.82) is 21.0 Å². The number of nitrogens with one attached hydrogen (secondary N) is 1. The molecule has 1 amide bonds. The van der Waals surface area contributed by atoms with Crippen molar-refractivity contribution in [2.24, 2.45) is 5.73 Å². The lowest BCUT2D eigenvalue weighted by molar-refractivity contribution is 0.0599. The Labute approximate surface area is 667 Å². The quantitative estimate of drug-likeness (QED) is 0.0500. The number of halogens is 2. The van der Waals surface area contributed by atoms with Gasteiger partial charge in [-0.15, -0.1) is 0 Å². The van der Waals surface area contributed by atoms with Gasteiger partial charge in [0.1, 0.15) is 52.9 Å². The fourth-order valence-corrected chi connectivity index (χ4v) is 12.9. The maximum Gasteiger partial charge on any atom is 0.405 e. The van der Waals surface area contributed by atoms with E-state index in [0.29, 0.717) is 37.7 Å². The van der Waals surface area contributed by atoms with Crippen LogP contribution in [0.25, 0.3) is 88.6 Å². The Morgan fingerprint density at radius 2 is 0.766 bits per heavy atom. The van der Waals surface area contributed by atoms with Gasteiger partial charge in [0, 0.05) is 80.8 Å². The van der Waals surface area contributed by atoms with Gasteiger partial charge >= 0.3 is 17.7 Å². The predicted molar refractivity (Wildman–Crippen MR) is 451 cm³/mol. The second-order valence-electron chi connectivity index (χ2n) is 25.3. The van der Waals surface area contributed by atoms with Gasteiger partial charge in [0.05, 0.1) is 99.3 Å². The number of rotatable bonds is 19. The van der Waals surface area contributed by atoms with Gasteiger partial charge in [0.15, 0.2) is 0 Å². The summed E-state index contributed by atoms with van der Waals surface area (Å²) in [4.78, 5) is 10.0. The van der Waals surface area contributed by atoms with Crippen LogP contribution in [0.1, 0.15) is 118 Å². The minimum atomic E-state index is -3.19. The average molecular weight is 1620 g/mol. The molecule has 0 aliphatic heterocycles. The van der Waals surface area contributed by atoms with E-state index in [0.717, 1.165) is 171 Å². The van der Waals surface area contributed by atoms with Gasteiger partial charge in [-0.25, -0.2) is 13.2 Å². The van der Waals surface area contributed by atoms with Crippen LogP contribution in [0.15, 0.2) is 174 Å².